The molecule has 0 atom stereocenters. The fraction of sp³-hybridized carbons (Fsp3) is 0.250. The van der Waals surface area contributed by atoms with Gasteiger partial charge in [-0.2, -0.15) is 0 Å². The van der Waals surface area contributed by atoms with Crippen molar-refractivity contribution in [3.05, 3.63) is 88.7 Å². The fourth-order valence-electron chi connectivity index (χ4n) is 4.27. The van der Waals surface area contributed by atoms with Gasteiger partial charge in [-0.05, 0) is 68.1 Å². The monoisotopic (exact) mass is 418 g/mol. The van der Waals surface area contributed by atoms with Gasteiger partial charge < -0.3 is 9.72 Å². The van der Waals surface area contributed by atoms with Crippen molar-refractivity contribution in [3.63, 3.8) is 0 Å². The summed E-state index contributed by atoms with van der Waals surface area (Å²) in [5.74, 6) is 0.432. The molecular weight excluding hydrogens is 396 g/mol. The average molecular weight is 419 g/mol. The summed E-state index contributed by atoms with van der Waals surface area (Å²) >= 11 is 6.45. The van der Waals surface area contributed by atoms with Gasteiger partial charge in [0.05, 0.1) is 10.7 Å². The first kappa shape index (κ1) is 19.1. The lowest BCUT2D eigenvalue weighted by atomic mass is 9.88. The summed E-state index contributed by atoms with van der Waals surface area (Å²) < 4.78 is 1.91. The number of carbonyl (C=O) groups excluding carboxylic acids is 1. The molecule has 1 N–H and O–H groups in total. The Hall–Kier alpha value is -2.89. The second-order valence-corrected chi connectivity index (χ2v) is 8.34. The van der Waals surface area contributed by atoms with Crippen molar-refractivity contribution in [2.24, 2.45) is 5.92 Å². The highest BCUT2D eigenvalue weighted by atomic mass is 35.5. The van der Waals surface area contributed by atoms with Crippen LogP contribution in [0.4, 0.5) is 0 Å². The number of aryl methyl sites for hydroxylation is 1. The number of pyridine rings is 1. The smallest absolute Gasteiger partial charge is 0.255 e. The average Bonchev–Trinajstić information content (AvgIpc) is 3.13. The van der Waals surface area contributed by atoms with E-state index >= 15 is 0 Å². The van der Waals surface area contributed by atoms with Crippen LogP contribution in [0.2, 0.25) is 5.02 Å². The van der Waals surface area contributed by atoms with Crippen molar-refractivity contribution < 1.29 is 4.79 Å². The third kappa shape index (κ3) is 3.55. The van der Waals surface area contributed by atoms with Gasteiger partial charge in [-0.3, -0.25) is 9.69 Å². The Morgan fingerprint density at radius 3 is 2.83 bits per heavy atom. The predicted molar refractivity (Wildman–Crippen MR) is 120 cm³/mol. The van der Waals surface area contributed by atoms with Gasteiger partial charge in [-0.25, -0.2) is 4.98 Å². The molecule has 3 aliphatic rings. The number of nitrogens with zero attached hydrogens (tertiary/aromatic N) is 3. The van der Waals surface area contributed by atoms with Gasteiger partial charge in [0.1, 0.15) is 0 Å². The first-order valence-electron chi connectivity index (χ1n) is 10.3. The maximum absolute atomic E-state index is 13.2. The Balaban J connectivity index is 1.51. The molecule has 5 rings (SSSR count). The summed E-state index contributed by atoms with van der Waals surface area (Å²) in [4.78, 5) is 19.4. The van der Waals surface area contributed by atoms with Gasteiger partial charge in [0.2, 0.25) is 0 Å². The fourth-order valence-corrected chi connectivity index (χ4v) is 4.53. The van der Waals surface area contributed by atoms with Gasteiger partial charge in [0, 0.05) is 35.9 Å². The molecule has 0 radical (unpaired) electrons. The number of piperidine rings is 1. The van der Waals surface area contributed by atoms with E-state index in [0.717, 1.165) is 54.1 Å². The minimum atomic E-state index is -0.0607. The standard InChI is InChI=1S/C24H23ClN4O/c1-16-13-28-14-20(11-22(25)24(28)27-16)18-3-2-4-21-6-5-19(15-29(21)23(30)12-18)17-7-9-26-10-8-17/h2-6,11-15,17,26H,7-10H2,1H3/b3-2?,18-12?,21-4+. The Labute approximate surface area is 180 Å². The number of imidazole rings is 1. The summed E-state index contributed by atoms with van der Waals surface area (Å²) in [5.41, 5.74) is 5.41. The number of halogens is 1. The number of allylic oxidation sites excluding steroid dienone is 7. The Morgan fingerprint density at radius 2 is 2.00 bits per heavy atom. The summed E-state index contributed by atoms with van der Waals surface area (Å²) in [6.07, 6.45) is 19.9. The van der Waals surface area contributed by atoms with Crippen molar-refractivity contribution in [1.82, 2.24) is 19.6 Å². The summed E-state index contributed by atoms with van der Waals surface area (Å²) in [6, 6.07) is 1.87. The largest absolute Gasteiger partial charge is 0.317 e. The molecule has 0 saturated carbocycles. The van der Waals surface area contributed by atoms with Crippen LogP contribution >= 0.6 is 11.6 Å². The van der Waals surface area contributed by atoms with Crippen LogP contribution in [0, 0.1) is 12.8 Å². The van der Waals surface area contributed by atoms with E-state index in [1.165, 1.54) is 5.57 Å². The predicted octanol–water partition coefficient (Wildman–Crippen LogP) is 4.42. The Kier molecular flexibility index (Phi) is 4.93. The molecule has 152 valence electrons. The van der Waals surface area contributed by atoms with Crippen LogP contribution in [0.5, 0.6) is 0 Å². The van der Waals surface area contributed by atoms with Gasteiger partial charge in [-0.15, -0.1) is 0 Å². The highest BCUT2D eigenvalue weighted by Gasteiger charge is 2.23. The second kappa shape index (κ2) is 7.74. The van der Waals surface area contributed by atoms with Crippen molar-refractivity contribution >= 4 is 28.7 Å². The molecule has 30 heavy (non-hydrogen) atoms. The molecular formula is C24H23ClN4O. The lowest BCUT2D eigenvalue weighted by Gasteiger charge is -2.29. The molecule has 1 amide bonds. The molecule has 2 aromatic rings. The molecule has 0 aliphatic carbocycles. The number of nitrogens with one attached hydrogen (secondary N) is 1. The van der Waals surface area contributed by atoms with Gasteiger partial charge >= 0.3 is 0 Å². The zero-order chi connectivity index (χ0) is 20.7. The van der Waals surface area contributed by atoms with Crippen LogP contribution in [-0.2, 0) is 4.79 Å². The van der Waals surface area contributed by atoms with Crippen LogP contribution in [0.15, 0.2) is 72.4 Å². The lowest BCUT2D eigenvalue weighted by Crippen LogP contribution is -2.31. The minimum absolute atomic E-state index is 0.0607. The molecule has 6 heteroatoms. The molecule has 5 heterocycles. The summed E-state index contributed by atoms with van der Waals surface area (Å²) in [7, 11) is 0. The van der Waals surface area contributed by atoms with Gasteiger partial charge in [0.25, 0.3) is 5.91 Å². The van der Waals surface area contributed by atoms with E-state index in [1.807, 2.05) is 60.3 Å². The molecule has 0 unspecified atom stereocenters. The molecule has 2 aromatic heterocycles. The number of fused-ring (bicyclic) bond motifs is 2. The zero-order valence-corrected chi connectivity index (χ0v) is 17.6. The van der Waals surface area contributed by atoms with E-state index in [4.69, 9.17) is 11.6 Å². The number of amides is 1. The Bertz CT molecular complexity index is 1180. The maximum Gasteiger partial charge on any atom is 0.255 e. The van der Waals surface area contributed by atoms with E-state index in [-0.39, 0.29) is 5.91 Å². The molecule has 0 aromatic carbocycles. The molecule has 0 spiro atoms. The van der Waals surface area contributed by atoms with Crippen LogP contribution in [0.25, 0.3) is 11.2 Å². The van der Waals surface area contributed by atoms with Crippen LogP contribution in [0.1, 0.15) is 24.1 Å². The van der Waals surface area contributed by atoms with Crippen LogP contribution in [-0.4, -0.2) is 33.3 Å². The molecule has 3 aliphatic heterocycles. The SMILES string of the molecule is Cc1cn2cc(C3=CC(=O)N4C=C(C5CCNCC5)C=C/C4=C\C=C3)cc(Cl)c2n1. The molecule has 1 fully saturated rings. The van der Waals surface area contributed by atoms with E-state index in [2.05, 4.69) is 16.4 Å². The number of aromatic nitrogens is 2. The first-order chi connectivity index (χ1) is 14.6. The first-order valence-corrected chi connectivity index (χ1v) is 10.7. The van der Waals surface area contributed by atoms with E-state index in [1.54, 1.807) is 11.0 Å². The van der Waals surface area contributed by atoms with E-state index in [9.17, 15) is 4.79 Å². The number of rotatable bonds is 2. The van der Waals surface area contributed by atoms with E-state index in [0.29, 0.717) is 10.9 Å². The Morgan fingerprint density at radius 1 is 1.17 bits per heavy atom. The third-order valence-electron chi connectivity index (χ3n) is 5.83. The molecule has 5 nitrogen and oxygen atoms in total. The van der Waals surface area contributed by atoms with Crippen molar-refractivity contribution in [3.8, 4) is 0 Å². The molecule has 1 saturated heterocycles. The topological polar surface area (TPSA) is 49.6 Å². The lowest BCUT2D eigenvalue weighted by molar-refractivity contribution is -0.122. The van der Waals surface area contributed by atoms with Gasteiger partial charge in [0.15, 0.2) is 5.65 Å². The van der Waals surface area contributed by atoms with E-state index < -0.39 is 0 Å². The third-order valence-corrected chi connectivity index (χ3v) is 6.11. The number of carbonyl (C=O) groups is 1. The van der Waals surface area contributed by atoms with Crippen molar-refractivity contribution in [2.45, 2.75) is 19.8 Å². The van der Waals surface area contributed by atoms with Crippen molar-refractivity contribution in [1.29, 1.82) is 0 Å². The quantitative estimate of drug-likeness (QED) is 0.785. The highest BCUT2D eigenvalue weighted by Crippen LogP contribution is 2.30. The minimum Gasteiger partial charge on any atom is -0.317 e. The number of hydrogen-bond donors (Lipinski definition) is 1. The second-order valence-electron chi connectivity index (χ2n) is 7.94. The summed E-state index contributed by atoms with van der Waals surface area (Å²) in [6.45, 7) is 3.98. The number of hydrogen-bond acceptors (Lipinski definition) is 3. The molecule has 0 bridgehead atoms. The maximum atomic E-state index is 13.2. The van der Waals surface area contributed by atoms with Gasteiger partial charge in [-0.1, -0.05) is 29.8 Å². The normalized spacial score (nSPS) is 21.6. The van der Waals surface area contributed by atoms with Crippen LogP contribution in [0.3, 0.4) is 0 Å². The summed E-state index contributed by atoms with van der Waals surface area (Å²) in [5, 5.41) is 3.97. The van der Waals surface area contributed by atoms with Crippen LogP contribution < -0.4 is 5.32 Å². The highest BCUT2D eigenvalue weighted by molar-refractivity contribution is 6.33. The van der Waals surface area contributed by atoms with Crippen molar-refractivity contribution in [2.75, 3.05) is 13.1 Å². The zero-order valence-electron chi connectivity index (χ0n) is 16.8.